The lowest BCUT2D eigenvalue weighted by Crippen LogP contribution is -2.30. The zero-order chi connectivity index (χ0) is 12.6. The van der Waals surface area contributed by atoms with E-state index in [0.29, 0.717) is 18.7 Å². The van der Waals surface area contributed by atoms with E-state index in [9.17, 15) is 9.59 Å². The molecule has 0 aliphatic heterocycles. The highest BCUT2D eigenvalue weighted by atomic mass is 16.5. The van der Waals surface area contributed by atoms with Gasteiger partial charge >= 0.3 is 5.97 Å². The lowest BCUT2D eigenvalue weighted by atomic mass is 10.2. The maximum Gasteiger partial charge on any atom is 0.307 e. The lowest BCUT2D eigenvalue weighted by Gasteiger charge is -2.16. The van der Waals surface area contributed by atoms with Crippen molar-refractivity contribution in [1.82, 2.24) is 4.90 Å². The van der Waals surface area contributed by atoms with E-state index in [1.54, 1.807) is 25.8 Å². The zero-order valence-electron chi connectivity index (χ0n) is 10.6. The van der Waals surface area contributed by atoms with E-state index in [0.717, 1.165) is 6.42 Å². The minimum Gasteiger partial charge on any atom is -0.466 e. The Balaban J connectivity index is 4.06. The minimum absolute atomic E-state index is 0.0360. The molecule has 0 N–H and O–H groups in total. The SMILES string of the molecule is CCC=C(C)C(=O)N(C)CCC(=O)OCC. The van der Waals surface area contributed by atoms with Gasteiger partial charge in [-0.15, -0.1) is 0 Å². The zero-order valence-corrected chi connectivity index (χ0v) is 10.6. The summed E-state index contributed by atoms with van der Waals surface area (Å²) in [4.78, 5) is 24.3. The highest BCUT2D eigenvalue weighted by Gasteiger charge is 2.12. The molecule has 0 aromatic rings. The average Bonchev–Trinajstić information content (AvgIpc) is 2.25. The van der Waals surface area contributed by atoms with Gasteiger partial charge in [-0.25, -0.2) is 0 Å². The van der Waals surface area contributed by atoms with Crippen LogP contribution in [0.3, 0.4) is 0 Å². The van der Waals surface area contributed by atoms with Gasteiger partial charge in [0.2, 0.25) is 5.91 Å². The smallest absolute Gasteiger partial charge is 0.307 e. The first kappa shape index (κ1) is 14.7. The number of rotatable bonds is 6. The second-order valence-corrected chi connectivity index (χ2v) is 3.58. The van der Waals surface area contributed by atoms with E-state index in [4.69, 9.17) is 4.74 Å². The van der Waals surface area contributed by atoms with E-state index in [1.165, 1.54) is 0 Å². The van der Waals surface area contributed by atoms with Crippen LogP contribution in [-0.4, -0.2) is 37.0 Å². The average molecular weight is 227 g/mol. The summed E-state index contributed by atoms with van der Waals surface area (Å²) in [7, 11) is 1.69. The summed E-state index contributed by atoms with van der Waals surface area (Å²) in [6.07, 6.45) is 2.96. The van der Waals surface area contributed by atoms with Crippen LogP contribution in [0.5, 0.6) is 0 Å². The van der Waals surface area contributed by atoms with Crippen molar-refractivity contribution >= 4 is 11.9 Å². The Morgan fingerprint density at radius 2 is 1.94 bits per heavy atom. The molecule has 0 rings (SSSR count). The predicted octanol–water partition coefficient (Wildman–Crippen LogP) is 1.75. The first-order valence-electron chi connectivity index (χ1n) is 5.60. The number of hydrogen-bond acceptors (Lipinski definition) is 3. The Morgan fingerprint density at radius 1 is 1.31 bits per heavy atom. The minimum atomic E-state index is -0.265. The van der Waals surface area contributed by atoms with Crippen LogP contribution in [0, 0.1) is 0 Å². The summed E-state index contributed by atoms with van der Waals surface area (Å²) in [6.45, 7) is 6.31. The maximum absolute atomic E-state index is 11.7. The summed E-state index contributed by atoms with van der Waals surface area (Å²) in [5.74, 6) is -0.301. The molecule has 0 aromatic carbocycles. The number of ether oxygens (including phenoxy) is 1. The van der Waals surface area contributed by atoms with E-state index in [1.807, 2.05) is 13.0 Å². The van der Waals surface area contributed by atoms with Crippen LogP contribution in [0.15, 0.2) is 11.6 Å². The van der Waals surface area contributed by atoms with Crippen LogP contribution >= 0.6 is 0 Å². The third-order valence-corrected chi connectivity index (χ3v) is 2.15. The fraction of sp³-hybridized carbons (Fsp3) is 0.667. The van der Waals surface area contributed by atoms with Gasteiger partial charge in [-0.05, 0) is 20.3 Å². The molecule has 0 radical (unpaired) electrons. The molecule has 16 heavy (non-hydrogen) atoms. The molecule has 0 atom stereocenters. The summed E-state index contributed by atoms with van der Waals surface area (Å²) >= 11 is 0. The molecule has 0 unspecified atom stereocenters. The predicted molar refractivity (Wildman–Crippen MR) is 62.9 cm³/mol. The van der Waals surface area contributed by atoms with Gasteiger partial charge in [0, 0.05) is 19.2 Å². The van der Waals surface area contributed by atoms with E-state index in [2.05, 4.69) is 0 Å². The van der Waals surface area contributed by atoms with Crippen molar-refractivity contribution in [2.75, 3.05) is 20.2 Å². The molecule has 4 heteroatoms. The van der Waals surface area contributed by atoms with Gasteiger partial charge in [-0.3, -0.25) is 9.59 Å². The van der Waals surface area contributed by atoms with Crippen molar-refractivity contribution in [1.29, 1.82) is 0 Å². The highest BCUT2D eigenvalue weighted by Crippen LogP contribution is 2.02. The van der Waals surface area contributed by atoms with Gasteiger partial charge in [0.1, 0.15) is 0 Å². The first-order chi connectivity index (χ1) is 7.52. The topological polar surface area (TPSA) is 46.6 Å². The van der Waals surface area contributed by atoms with Crippen LogP contribution in [0.25, 0.3) is 0 Å². The Kier molecular flexibility index (Phi) is 7.25. The Labute approximate surface area is 97.3 Å². The van der Waals surface area contributed by atoms with Gasteiger partial charge in [-0.1, -0.05) is 13.0 Å². The maximum atomic E-state index is 11.7. The molecule has 0 fully saturated rings. The molecule has 0 aliphatic carbocycles. The third kappa shape index (κ3) is 5.53. The van der Waals surface area contributed by atoms with Crippen LogP contribution in [0.4, 0.5) is 0 Å². The van der Waals surface area contributed by atoms with Crippen molar-refractivity contribution in [2.24, 2.45) is 0 Å². The molecule has 0 saturated carbocycles. The molecular weight excluding hydrogens is 206 g/mol. The molecule has 0 heterocycles. The van der Waals surface area contributed by atoms with Crippen molar-refractivity contribution in [3.8, 4) is 0 Å². The van der Waals surface area contributed by atoms with Crippen LogP contribution < -0.4 is 0 Å². The van der Waals surface area contributed by atoms with Crippen LogP contribution in [0.2, 0.25) is 0 Å². The number of carbonyl (C=O) groups excluding carboxylic acids is 2. The molecule has 1 amide bonds. The molecule has 0 bridgehead atoms. The van der Waals surface area contributed by atoms with Crippen molar-refractivity contribution in [3.63, 3.8) is 0 Å². The second-order valence-electron chi connectivity index (χ2n) is 3.58. The van der Waals surface area contributed by atoms with Crippen molar-refractivity contribution in [2.45, 2.75) is 33.6 Å². The second kappa shape index (κ2) is 7.91. The fourth-order valence-electron chi connectivity index (χ4n) is 1.29. The number of carbonyl (C=O) groups is 2. The Hall–Kier alpha value is -1.32. The summed E-state index contributed by atoms with van der Waals surface area (Å²) < 4.78 is 4.79. The lowest BCUT2D eigenvalue weighted by molar-refractivity contribution is -0.143. The van der Waals surface area contributed by atoms with Crippen molar-refractivity contribution < 1.29 is 14.3 Å². The van der Waals surface area contributed by atoms with Gasteiger partial charge in [0.25, 0.3) is 0 Å². The Morgan fingerprint density at radius 3 is 2.44 bits per heavy atom. The molecule has 0 aliphatic rings. The quantitative estimate of drug-likeness (QED) is 0.513. The molecule has 0 aromatic heterocycles. The van der Waals surface area contributed by atoms with Gasteiger partial charge < -0.3 is 9.64 Å². The van der Waals surface area contributed by atoms with Crippen LogP contribution in [-0.2, 0) is 14.3 Å². The van der Waals surface area contributed by atoms with Gasteiger partial charge in [-0.2, -0.15) is 0 Å². The monoisotopic (exact) mass is 227 g/mol. The highest BCUT2D eigenvalue weighted by molar-refractivity contribution is 5.92. The van der Waals surface area contributed by atoms with E-state index < -0.39 is 0 Å². The Bertz CT molecular complexity index is 271. The molecule has 0 spiro atoms. The van der Waals surface area contributed by atoms with Crippen LogP contribution in [0.1, 0.15) is 33.6 Å². The number of nitrogens with zero attached hydrogens (tertiary/aromatic N) is 1. The van der Waals surface area contributed by atoms with E-state index in [-0.39, 0.29) is 18.3 Å². The number of hydrogen-bond donors (Lipinski definition) is 0. The van der Waals surface area contributed by atoms with E-state index >= 15 is 0 Å². The van der Waals surface area contributed by atoms with Crippen molar-refractivity contribution in [3.05, 3.63) is 11.6 Å². The first-order valence-corrected chi connectivity index (χ1v) is 5.60. The fourth-order valence-corrected chi connectivity index (χ4v) is 1.29. The molecule has 0 saturated heterocycles. The number of esters is 1. The van der Waals surface area contributed by atoms with Gasteiger partial charge in [0.05, 0.1) is 13.0 Å². The third-order valence-electron chi connectivity index (χ3n) is 2.15. The molecule has 92 valence electrons. The molecular formula is C12H21NO3. The number of likely N-dealkylation sites (N-methyl/N-ethyl adjacent to an activating group) is 1. The normalized spacial score (nSPS) is 11.1. The molecule has 4 nitrogen and oxygen atoms in total. The number of allylic oxidation sites excluding steroid dienone is 1. The largest absolute Gasteiger partial charge is 0.466 e. The summed E-state index contributed by atoms with van der Waals surface area (Å²) in [5.41, 5.74) is 0.717. The van der Waals surface area contributed by atoms with Gasteiger partial charge in [0.15, 0.2) is 0 Å². The number of amides is 1. The standard InChI is InChI=1S/C12H21NO3/c1-5-7-10(3)12(15)13(4)9-8-11(14)16-6-2/h7H,5-6,8-9H2,1-4H3. The summed E-state index contributed by atoms with van der Waals surface area (Å²) in [6, 6.07) is 0. The summed E-state index contributed by atoms with van der Waals surface area (Å²) in [5, 5.41) is 0.